The van der Waals surface area contributed by atoms with E-state index in [1.54, 1.807) is 11.3 Å². The summed E-state index contributed by atoms with van der Waals surface area (Å²) in [6, 6.07) is 7.80. The molecule has 1 fully saturated rings. The molecule has 0 unspecified atom stereocenters. The number of carbonyl (C=O) groups is 1. The number of nitrogens with one attached hydrogen (secondary N) is 1. The van der Waals surface area contributed by atoms with Crippen molar-refractivity contribution in [1.82, 2.24) is 9.88 Å². The first kappa shape index (κ1) is 18.8. The number of amides is 1. The van der Waals surface area contributed by atoms with Crippen LogP contribution < -0.4 is 10.2 Å². The molecule has 1 aromatic heterocycles. The van der Waals surface area contributed by atoms with Crippen LogP contribution in [0.1, 0.15) is 16.8 Å². The zero-order chi connectivity index (χ0) is 18.5. The molecule has 1 aliphatic rings. The van der Waals surface area contributed by atoms with Gasteiger partial charge >= 0.3 is 0 Å². The lowest BCUT2D eigenvalue weighted by molar-refractivity contribution is -0.120. The number of aryl methyl sites for hydroxylation is 1. The Balaban J connectivity index is 1.54. The lowest BCUT2D eigenvalue weighted by atomic mass is 10.2. The van der Waals surface area contributed by atoms with E-state index in [9.17, 15) is 4.79 Å². The van der Waals surface area contributed by atoms with Gasteiger partial charge in [0.1, 0.15) is 0 Å². The number of thiazole rings is 1. The van der Waals surface area contributed by atoms with E-state index in [1.807, 2.05) is 44.1 Å². The Morgan fingerprint density at radius 1 is 1.35 bits per heavy atom. The number of morpholine rings is 1. The van der Waals surface area contributed by atoms with Crippen LogP contribution >= 0.6 is 11.3 Å². The highest BCUT2D eigenvalue weighted by molar-refractivity contribution is 7.11. The monoisotopic (exact) mass is 374 g/mol. The zero-order valence-corrected chi connectivity index (χ0v) is 16.4. The van der Waals surface area contributed by atoms with Crippen LogP contribution in [0.2, 0.25) is 0 Å². The predicted molar refractivity (Wildman–Crippen MR) is 106 cm³/mol. The van der Waals surface area contributed by atoms with Gasteiger partial charge in [0.15, 0.2) is 0 Å². The summed E-state index contributed by atoms with van der Waals surface area (Å²) in [5.74, 6) is -0.00661. The summed E-state index contributed by atoms with van der Waals surface area (Å²) in [5, 5.41) is 4.05. The van der Waals surface area contributed by atoms with Gasteiger partial charge < -0.3 is 15.0 Å². The third-order valence-corrected chi connectivity index (χ3v) is 5.52. The summed E-state index contributed by atoms with van der Waals surface area (Å²) in [6.07, 6.45) is 1.88. The van der Waals surface area contributed by atoms with Crippen LogP contribution in [-0.4, -0.2) is 55.2 Å². The van der Waals surface area contributed by atoms with Gasteiger partial charge in [0.25, 0.3) is 0 Å². The highest BCUT2D eigenvalue weighted by atomic mass is 32.1. The second kappa shape index (κ2) is 8.62. The smallest absolute Gasteiger partial charge is 0.241 e. The molecule has 3 rings (SSSR count). The molecule has 1 atom stereocenters. The van der Waals surface area contributed by atoms with E-state index in [2.05, 4.69) is 27.3 Å². The molecule has 2 aromatic rings. The molecule has 7 heteroatoms. The van der Waals surface area contributed by atoms with Crippen LogP contribution in [-0.2, 0) is 16.1 Å². The van der Waals surface area contributed by atoms with Gasteiger partial charge in [-0.15, -0.1) is 11.3 Å². The number of aromatic nitrogens is 1. The third kappa shape index (κ3) is 4.81. The summed E-state index contributed by atoms with van der Waals surface area (Å²) in [4.78, 5) is 22.3. The maximum absolute atomic E-state index is 12.5. The van der Waals surface area contributed by atoms with Gasteiger partial charge in [0, 0.05) is 42.1 Å². The minimum absolute atomic E-state index is 0.00661. The van der Waals surface area contributed by atoms with Gasteiger partial charge in [-0.05, 0) is 45.2 Å². The standard InChI is InChI=1S/C19H26N4O2S/c1-14(22(3)13-18-12-20-15(2)26-18)19(24)21-16-4-6-17(7-5-16)23-8-10-25-11-9-23/h4-7,12,14H,8-11,13H2,1-3H3,(H,21,24)/t14-/m1/s1. The predicted octanol–water partition coefficient (Wildman–Crippen LogP) is 2.75. The number of benzene rings is 1. The highest BCUT2D eigenvalue weighted by Gasteiger charge is 2.19. The normalized spacial score (nSPS) is 15.9. The van der Waals surface area contributed by atoms with Crippen LogP contribution in [0.3, 0.4) is 0 Å². The first-order valence-electron chi connectivity index (χ1n) is 8.88. The van der Waals surface area contributed by atoms with Crippen LogP contribution in [0.5, 0.6) is 0 Å². The number of rotatable bonds is 6. The third-order valence-electron chi connectivity index (χ3n) is 4.63. The van der Waals surface area contributed by atoms with Crippen molar-refractivity contribution < 1.29 is 9.53 Å². The molecule has 6 nitrogen and oxygen atoms in total. The van der Waals surface area contributed by atoms with Crippen LogP contribution in [0, 0.1) is 6.92 Å². The average Bonchev–Trinajstić information content (AvgIpc) is 3.07. The van der Waals surface area contributed by atoms with Crippen molar-refractivity contribution >= 4 is 28.6 Å². The summed E-state index contributed by atoms with van der Waals surface area (Å²) in [5.41, 5.74) is 1.98. The maximum atomic E-state index is 12.5. The second-order valence-electron chi connectivity index (χ2n) is 6.57. The topological polar surface area (TPSA) is 57.7 Å². The molecule has 1 amide bonds. The fourth-order valence-electron chi connectivity index (χ4n) is 2.89. The van der Waals surface area contributed by atoms with Crippen molar-refractivity contribution in [1.29, 1.82) is 0 Å². The number of anilines is 2. The molecule has 2 heterocycles. The molecule has 26 heavy (non-hydrogen) atoms. The van der Waals surface area contributed by atoms with Crippen molar-refractivity contribution in [2.75, 3.05) is 43.6 Å². The van der Waals surface area contributed by atoms with Crippen molar-refractivity contribution in [3.63, 3.8) is 0 Å². The molecule has 0 bridgehead atoms. The van der Waals surface area contributed by atoms with Crippen LogP contribution in [0.25, 0.3) is 0 Å². The molecule has 0 saturated carbocycles. The Hall–Kier alpha value is -1.96. The Labute approximate surface area is 158 Å². The number of hydrogen-bond donors (Lipinski definition) is 1. The molecule has 1 N–H and O–H groups in total. The largest absolute Gasteiger partial charge is 0.378 e. The van der Waals surface area contributed by atoms with E-state index in [0.29, 0.717) is 0 Å². The van der Waals surface area contributed by atoms with Crippen LogP contribution in [0.15, 0.2) is 30.5 Å². The average molecular weight is 375 g/mol. The van der Waals surface area contributed by atoms with Crippen molar-refractivity contribution in [3.8, 4) is 0 Å². The fourth-order valence-corrected chi connectivity index (χ4v) is 3.74. The molecule has 0 spiro atoms. The summed E-state index contributed by atoms with van der Waals surface area (Å²) >= 11 is 1.67. The van der Waals surface area contributed by atoms with E-state index in [4.69, 9.17) is 4.74 Å². The second-order valence-corrected chi connectivity index (χ2v) is 7.89. The molecule has 1 aliphatic heterocycles. The molecular weight excluding hydrogens is 348 g/mol. The highest BCUT2D eigenvalue weighted by Crippen LogP contribution is 2.20. The van der Waals surface area contributed by atoms with Crippen molar-refractivity contribution in [2.45, 2.75) is 26.4 Å². The molecular formula is C19H26N4O2S. The van der Waals surface area contributed by atoms with Crippen molar-refractivity contribution in [2.24, 2.45) is 0 Å². The van der Waals surface area contributed by atoms with E-state index in [1.165, 1.54) is 4.88 Å². The lowest BCUT2D eigenvalue weighted by Gasteiger charge is -2.29. The Morgan fingerprint density at radius 2 is 2.04 bits per heavy atom. The number of ether oxygens (including phenoxy) is 1. The number of carbonyl (C=O) groups excluding carboxylic acids is 1. The quantitative estimate of drug-likeness (QED) is 0.843. The molecule has 1 saturated heterocycles. The zero-order valence-electron chi connectivity index (χ0n) is 15.6. The first-order valence-corrected chi connectivity index (χ1v) is 9.70. The van der Waals surface area contributed by atoms with Crippen molar-refractivity contribution in [3.05, 3.63) is 40.3 Å². The minimum Gasteiger partial charge on any atom is -0.378 e. The Bertz CT molecular complexity index is 725. The van der Waals surface area contributed by atoms with Gasteiger partial charge in [0.2, 0.25) is 5.91 Å². The van der Waals surface area contributed by atoms with E-state index >= 15 is 0 Å². The Kier molecular flexibility index (Phi) is 6.24. The summed E-state index contributed by atoms with van der Waals surface area (Å²) in [6.45, 7) is 7.98. The first-order chi connectivity index (χ1) is 12.5. The molecule has 0 radical (unpaired) electrons. The number of hydrogen-bond acceptors (Lipinski definition) is 6. The lowest BCUT2D eigenvalue weighted by Crippen LogP contribution is -2.39. The SMILES string of the molecule is Cc1ncc(CN(C)[C@H](C)C(=O)Nc2ccc(N3CCOCC3)cc2)s1. The number of likely N-dealkylation sites (N-methyl/N-ethyl adjacent to an activating group) is 1. The van der Waals surface area contributed by atoms with Gasteiger partial charge in [0.05, 0.1) is 24.3 Å². The van der Waals surface area contributed by atoms with Gasteiger partial charge in [-0.1, -0.05) is 0 Å². The molecule has 140 valence electrons. The maximum Gasteiger partial charge on any atom is 0.241 e. The van der Waals surface area contributed by atoms with Crippen LogP contribution in [0.4, 0.5) is 11.4 Å². The fraction of sp³-hybridized carbons (Fsp3) is 0.474. The van der Waals surface area contributed by atoms with Gasteiger partial charge in [-0.3, -0.25) is 9.69 Å². The Morgan fingerprint density at radius 3 is 2.65 bits per heavy atom. The number of nitrogens with zero attached hydrogens (tertiary/aromatic N) is 3. The van der Waals surface area contributed by atoms with Gasteiger partial charge in [-0.2, -0.15) is 0 Å². The summed E-state index contributed by atoms with van der Waals surface area (Å²) in [7, 11) is 1.96. The molecule has 0 aliphatic carbocycles. The van der Waals surface area contributed by atoms with E-state index < -0.39 is 0 Å². The minimum atomic E-state index is -0.226. The molecule has 1 aromatic carbocycles. The van der Waals surface area contributed by atoms with E-state index in [-0.39, 0.29) is 11.9 Å². The summed E-state index contributed by atoms with van der Waals surface area (Å²) < 4.78 is 5.38. The van der Waals surface area contributed by atoms with Gasteiger partial charge in [-0.25, -0.2) is 4.98 Å². The van der Waals surface area contributed by atoms with E-state index in [0.717, 1.165) is 49.2 Å².